The number of para-hydroxylation sites is 1. The quantitative estimate of drug-likeness (QED) is 0.247. The smallest absolute Gasteiger partial charge is 0.130 e. The zero-order chi connectivity index (χ0) is 24.0. The highest BCUT2D eigenvalue weighted by Crippen LogP contribution is 2.31. The van der Waals surface area contributed by atoms with Crippen molar-refractivity contribution in [2.24, 2.45) is 0 Å². The molecule has 0 amide bonds. The van der Waals surface area contributed by atoms with E-state index in [2.05, 4.69) is 63.0 Å². The Morgan fingerprint density at radius 3 is 2.71 bits per heavy atom. The number of aliphatic hydroxyl groups excluding tert-OH is 1. The van der Waals surface area contributed by atoms with Gasteiger partial charge in [0.2, 0.25) is 0 Å². The molecule has 0 atom stereocenters. The summed E-state index contributed by atoms with van der Waals surface area (Å²) in [6, 6.07) is 24.7. The van der Waals surface area contributed by atoms with Crippen molar-refractivity contribution in [1.82, 2.24) is 9.88 Å². The summed E-state index contributed by atoms with van der Waals surface area (Å²) in [6.07, 6.45) is 3.42. The average molecular weight is 505 g/mol. The lowest BCUT2D eigenvalue weighted by atomic mass is 10.1. The van der Waals surface area contributed by atoms with Gasteiger partial charge in [-0.1, -0.05) is 35.9 Å². The van der Waals surface area contributed by atoms with Crippen LogP contribution in [-0.4, -0.2) is 34.2 Å². The third-order valence-electron chi connectivity index (χ3n) is 6.20. The number of likely N-dealkylation sites (tertiary alicyclic amines) is 1. The van der Waals surface area contributed by atoms with Gasteiger partial charge >= 0.3 is 0 Å². The summed E-state index contributed by atoms with van der Waals surface area (Å²) in [5.74, 6) is 0.824. The fourth-order valence-corrected chi connectivity index (χ4v) is 5.44. The van der Waals surface area contributed by atoms with Gasteiger partial charge in [0.1, 0.15) is 5.82 Å². The van der Waals surface area contributed by atoms with E-state index in [1.165, 1.54) is 15.3 Å². The molecule has 1 aliphatic rings. The number of aromatic nitrogens is 1. The molecular formula is C28H29ClN4OS. The SMILES string of the molecule is OC1CCN(Cc2cccc(Nc3cc(-c4ccc(CNc5ccccc5Cl)s4)ccn3)c2)CC1. The van der Waals surface area contributed by atoms with Gasteiger partial charge in [0.15, 0.2) is 0 Å². The van der Waals surface area contributed by atoms with Gasteiger partial charge in [0, 0.05) is 47.8 Å². The molecule has 180 valence electrons. The Morgan fingerprint density at radius 2 is 1.86 bits per heavy atom. The monoisotopic (exact) mass is 504 g/mol. The number of anilines is 3. The van der Waals surface area contributed by atoms with Crippen LogP contribution in [-0.2, 0) is 13.1 Å². The van der Waals surface area contributed by atoms with Gasteiger partial charge in [0.05, 0.1) is 16.8 Å². The fourth-order valence-electron chi connectivity index (χ4n) is 4.30. The lowest BCUT2D eigenvalue weighted by Crippen LogP contribution is -2.35. The number of pyridine rings is 1. The van der Waals surface area contributed by atoms with E-state index in [1.54, 1.807) is 11.3 Å². The average Bonchev–Trinajstić information content (AvgIpc) is 3.35. The first-order chi connectivity index (χ1) is 17.1. The van der Waals surface area contributed by atoms with Crippen LogP contribution in [0.4, 0.5) is 17.2 Å². The molecule has 5 nitrogen and oxygen atoms in total. The number of nitrogens with zero attached hydrogens (tertiary/aromatic N) is 2. The topological polar surface area (TPSA) is 60.4 Å². The highest BCUT2D eigenvalue weighted by atomic mass is 35.5. The first kappa shape index (κ1) is 23.8. The molecule has 5 rings (SSSR count). The summed E-state index contributed by atoms with van der Waals surface area (Å²) < 4.78 is 0. The Morgan fingerprint density at radius 1 is 1.00 bits per heavy atom. The van der Waals surface area contributed by atoms with Crippen molar-refractivity contribution in [2.75, 3.05) is 23.7 Å². The van der Waals surface area contributed by atoms with Crippen molar-refractivity contribution in [2.45, 2.75) is 32.0 Å². The lowest BCUT2D eigenvalue weighted by Gasteiger charge is -2.29. The number of rotatable bonds is 8. The van der Waals surface area contributed by atoms with Crippen LogP contribution in [0.15, 0.2) is 79.0 Å². The molecule has 35 heavy (non-hydrogen) atoms. The van der Waals surface area contributed by atoms with E-state index in [4.69, 9.17) is 11.6 Å². The lowest BCUT2D eigenvalue weighted by molar-refractivity contribution is 0.0792. The third-order valence-corrected chi connectivity index (χ3v) is 7.66. The minimum Gasteiger partial charge on any atom is -0.393 e. The van der Waals surface area contributed by atoms with Crippen LogP contribution in [0.5, 0.6) is 0 Å². The van der Waals surface area contributed by atoms with E-state index in [1.807, 2.05) is 36.5 Å². The molecule has 0 aliphatic carbocycles. The van der Waals surface area contributed by atoms with Crippen molar-refractivity contribution >= 4 is 40.1 Å². The van der Waals surface area contributed by atoms with Crippen LogP contribution in [0.1, 0.15) is 23.3 Å². The Bertz CT molecular complexity index is 1270. The van der Waals surface area contributed by atoms with Gasteiger partial charge in [-0.15, -0.1) is 11.3 Å². The third kappa shape index (κ3) is 6.41. The molecule has 1 saturated heterocycles. The maximum Gasteiger partial charge on any atom is 0.130 e. The number of piperidine rings is 1. The van der Waals surface area contributed by atoms with E-state index in [0.717, 1.165) is 66.8 Å². The van der Waals surface area contributed by atoms with Gasteiger partial charge < -0.3 is 15.7 Å². The van der Waals surface area contributed by atoms with Crippen molar-refractivity contribution in [3.8, 4) is 10.4 Å². The first-order valence-corrected chi connectivity index (χ1v) is 13.1. The van der Waals surface area contributed by atoms with Crippen LogP contribution >= 0.6 is 22.9 Å². The molecule has 0 unspecified atom stereocenters. The summed E-state index contributed by atoms with van der Waals surface area (Å²) in [6.45, 7) is 3.52. The first-order valence-electron chi connectivity index (χ1n) is 11.9. The second-order valence-electron chi connectivity index (χ2n) is 8.86. The Labute approximate surface area is 215 Å². The highest BCUT2D eigenvalue weighted by Gasteiger charge is 2.17. The number of hydrogen-bond donors (Lipinski definition) is 3. The van der Waals surface area contributed by atoms with Crippen molar-refractivity contribution in [3.05, 3.63) is 94.5 Å². The standard InChI is InChI=1S/C28H29ClN4OS/c29-25-6-1-2-7-26(25)31-18-24-8-9-27(35-24)21-10-13-30-28(17-21)32-22-5-3-4-20(16-22)19-33-14-11-23(34)12-15-33/h1-10,13,16-17,23,31,34H,11-12,14-15,18-19H2,(H,30,32). The molecule has 3 N–H and O–H groups in total. The number of benzene rings is 2. The Hall–Kier alpha value is -2.90. The fraction of sp³-hybridized carbons (Fsp3) is 0.250. The molecule has 1 aliphatic heterocycles. The summed E-state index contributed by atoms with van der Waals surface area (Å²) in [4.78, 5) is 9.38. The summed E-state index contributed by atoms with van der Waals surface area (Å²) in [5.41, 5.74) is 4.37. The largest absolute Gasteiger partial charge is 0.393 e. The molecule has 2 aromatic heterocycles. The van der Waals surface area contributed by atoms with E-state index in [0.29, 0.717) is 0 Å². The van der Waals surface area contributed by atoms with E-state index >= 15 is 0 Å². The minimum atomic E-state index is -0.143. The molecule has 4 aromatic rings. The van der Waals surface area contributed by atoms with Crippen LogP contribution in [0.25, 0.3) is 10.4 Å². The number of hydrogen-bond acceptors (Lipinski definition) is 6. The maximum atomic E-state index is 9.74. The summed E-state index contributed by atoms with van der Waals surface area (Å²) in [7, 11) is 0. The number of nitrogens with one attached hydrogen (secondary N) is 2. The molecule has 7 heteroatoms. The maximum absolute atomic E-state index is 9.74. The van der Waals surface area contributed by atoms with E-state index in [9.17, 15) is 5.11 Å². The molecule has 0 radical (unpaired) electrons. The number of thiophene rings is 1. The number of halogens is 1. The second kappa shape index (κ2) is 11.2. The molecule has 0 spiro atoms. The zero-order valence-electron chi connectivity index (χ0n) is 19.5. The Kier molecular flexibility index (Phi) is 7.64. The molecule has 1 fully saturated rings. The second-order valence-corrected chi connectivity index (χ2v) is 10.4. The van der Waals surface area contributed by atoms with Crippen molar-refractivity contribution < 1.29 is 5.11 Å². The van der Waals surface area contributed by atoms with Crippen molar-refractivity contribution in [3.63, 3.8) is 0 Å². The molecule has 2 aromatic carbocycles. The van der Waals surface area contributed by atoms with Gasteiger partial charge in [-0.05, 0) is 72.5 Å². The van der Waals surface area contributed by atoms with Gasteiger partial charge in [0.25, 0.3) is 0 Å². The number of aliphatic hydroxyl groups is 1. The molecule has 0 bridgehead atoms. The van der Waals surface area contributed by atoms with Crippen LogP contribution in [0.3, 0.4) is 0 Å². The normalized spacial score (nSPS) is 14.7. The minimum absolute atomic E-state index is 0.143. The molecular weight excluding hydrogens is 476 g/mol. The molecule has 3 heterocycles. The van der Waals surface area contributed by atoms with Gasteiger partial charge in [-0.2, -0.15) is 0 Å². The van der Waals surface area contributed by atoms with Crippen LogP contribution < -0.4 is 10.6 Å². The van der Waals surface area contributed by atoms with E-state index in [-0.39, 0.29) is 6.10 Å². The summed E-state index contributed by atoms with van der Waals surface area (Å²) >= 11 is 8.02. The van der Waals surface area contributed by atoms with Crippen molar-refractivity contribution in [1.29, 1.82) is 0 Å². The predicted octanol–water partition coefficient (Wildman–Crippen LogP) is 6.78. The van der Waals surface area contributed by atoms with Gasteiger partial charge in [-0.3, -0.25) is 4.90 Å². The van der Waals surface area contributed by atoms with Crippen LogP contribution in [0.2, 0.25) is 5.02 Å². The van der Waals surface area contributed by atoms with E-state index < -0.39 is 0 Å². The summed E-state index contributed by atoms with van der Waals surface area (Å²) in [5, 5.41) is 17.3. The predicted molar refractivity (Wildman–Crippen MR) is 147 cm³/mol. The highest BCUT2D eigenvalue weighted by molar-refractivity contribution is 7.15. The molecule has 0 saturated carbocycles. The Balaban J connectivity index is 1.22. The van der Waals surface area contributed by atoms with Crippen LogP contribution in [0, 0.1) is 0 Å². The zero-order valence-corrected chi connectivity index (χ0v) is 21.0. The van der Waals surface area contributed by atoms with Gasteiger partial charge in [-0.25, -0.2) is 4.98 Å².